The van der Waals surface area contributed by atoms with Gasteiger partial charge in [-0.15, -0.1) is 0 Å². The van der Waals surface area contributed by atoms with E-state index in [0.29, 0.717) is 0 Å². The van der Waals surface area contributed by atoms with Crippen molar-refractivity contribution in [1.29, 1.82) is 0 Å². The van der Waals surface area contributed by atoms with Gasteiger partial charge in [-0.1, -0.05) is 12.1 Å². The van der Waals surface area contributed by atoms with Crippen molar-refractivity contribution in [2.75, 3.05) is 5.73 Å². The van der Waals surface area contributed by atoms with Crippen LogP contribution in [0.15, 0.2) is 24.3 Å². The molecule has 0 aromatic heterocycles. The second-order valence-corrected chi connectivity index (χ2v) is 3.78. The number of hydrogen-bond acceptors (Lipinski definition) is 2. The van der Waals surface area contributed by atoms with Crippen molar-refractivity contribution in [2.24, 2.45) is 0 Å². The van der Waals surface area contributed by atoms with E-state index in [1.165, 1.54) is 19.1 Å². The van der Waals surface area contributed by atoms with Gasteiger partial charge in [0.1, 0.15) is 0 Å². The molecule has 0 heterocycles. The van der Waals surface area contributed by atoms with Gasteiger partial charge in [-0.2, -0.15) is 13.2 Å². The quantitative estimate of drug-likeness (QED) is 0.804. The number of nitrogens with one attached hydrogen (secondary N) is 1. The standard InChI is InChI=1S/C11H13F3N2O/c1-7(6-11(12,13)14)16-10(17)8-4-2-3-5-9(8)15/h2-5,7H,6,15H2,1H3,(H,16,17). The van der Waals surface area contributed by atoms with E-state index in [1.807, 2.05) is 0 Å². The fraction of sp³-hybridized carbons (Fsp3) is 0.364. The van der Waals surface area contributed by atoms with Gasteiger partial charge in [0.05, 0.1) is 12.0 Å². The molecule has 3 N–H and O–H groups in total. The first kappa shape index (κ1) is 13.3. The molecular weight excluding hydrogens is 233 g/mol. The van der Waals surface area contributed by atoms with Crippen LogP contribution in [0.1, 0.15) is 23.7 Å². The molecule has 0 radical (unpaired) electrons. The number of rotatable bonds is 3. The van der Waals surface area contributed by atoms with Crippen LogP contribution < -0.4 is 11.1 Å². The summed E-state index contributed by atoms with van der Waals surface area (Å²) in [5.41, 5.74) is 5.96. The number of alkyl halides is 3. The summed E-state index contributed by atoms with van der Waals surface area (Å²) in [5, 5.41) is 2.25. The molecule has 1 aromatic carbocycles. The Kier molecular flexibility index (Phi) is 3.98. The molecule has 94 valence electrons. The highest BCUT2D eigenvalue weighted by atomic mass is 19.4. The summed E-state index contributed by atoms with van der Waals surface area (Å²) < 4.78 is 36.2. The van der Waals surface area contributed by atoms with Crippen LogP contribution in [-0.4, -0.2) is 18.1 Å². The van der Waals surface area contributed by atoms with Crippen molar-refractivity contribution in [3.8, 4) is 0 Å². The largest absolute Gasteiger partial charge is 0.398 e. The number of carbonyl (C=O) groups excluding carboxylic acids is 1. The molecule has 1 atom stereocenters. The highest BCUT2D eigenvalue weighted by Gasteiger charge is 2.30. The molecule has 0 saturated carbocycles. The van der Waals surface area contributed by atoms with Crippen LogP contribution in [-0.2, 0) is 0 Å². The number of hydrogen-bond donors (Lipinski definition) is 2. The van der Waals surface area contributed by atoms with E-state index >= 15 is 0 Å². The fourth-order valence-corrected chi connectivity index (χ4v) is 1.40. The lowest BCUT2D eigenvalue weighted by Gasteiger charge is -2.16. The van der Waals surface area contributed by atoms with E-state index in [0.717, 1.165) is 0 Å². The molecule has 0 saturated heterocycles. The number of benzene rings is 1. The van der Waals surface area contributed by atoms with Crippen molar-refractivity contribution in [2.45, 2.75) is 25.6 Å². The number of nitrogens with two attached hydrogens (primary N) is 1. The van der Waals surface area contributed by atoms with Crippen LogP contribution in [0.3, 0.4) is 0 Å². The van der Waals surface area contributed by atoms with Gasteiger partial charge in [-0.05, 0) is 19.1 Å². The normalized spacial score (nSPS) is 13.2. The smallest absolute Gasteiger partial charge is 0.391 e. The topological polar surface area (TPSA) is 55.1 Å². The Hall–Kier alpha value is -1.72. The van der Waals surface area contributed by atoms with Crippen LogP contribution in [0, 0.1) is 0 Å². The van der Waals surface area contributed by atoms with Gasteiger partial charge in [0.25, 0.3) is 5.91 Å². The predicted molar refractivity (Wildman–Crippen MR) is 58.5 cm³/mol. The SMILES string of the molecule is CC(CC(F)(F)F)NC(=O)c1ccccc1N. The van der Waals surface area contributed by atoms with Gasteiger partial charge in [-0.25, -0.2) is 0 Å². The maximum Gasteiger partial charge on any atom is 0.391 e. The molecule has 0 aliphatic carbocycles. The first-order chi connectivity index (χ1) is 7.79. The fourth-order valence-electron chi connectivity index (χ4n) is 1.40. The van der Waals surface area contributed by atoms with Gasteiger partial charge < -0.3 is 11.1 Å². The average molecular weight is 246 g/mol. The van der Waals surface area contributed by atoms with Gasteiger partial charge in [0.2, 0.25) is 0 Å². The van der Waals surface area contributed by atoms with Crippen LogP contribution in [0.25, 0.3) is 0 Å². The molecule has 0 fully saturated rings. The average Bonchev–Trinajstić information content (AvgIpc) is 2.14. The lowest BCUT2D eigenvalue weighted by Crippen LogP contribution is -2.36. The molecule has 1 unspecified atom stereocenters. The molecule has 0 bridgehead atoms. The van der Waals surface area contributed by atoms with Gasteiger partial charge in [0, 0.05) is 11.7 Å². The van der Waals surface area contributed by atoms with Gasteiger partial charge in [0.15, 0.2) is 0 Å². The zero-order chi connectivity index (χ0) is 13.1. The third-order valence-corrected chi connectivity index (χ3v) is 2.12. The Morgan fingerprint density at radius 1 is 1.41 bits per heavy atom. The third-order valence-electron chi connectivity index (χ3n) is 2.12. The summed E-state index contributed by atoms with van der Waals surface area (Å²) in [6, 6.07) is 5.24. The number of amides is 1. The van der Waals surface area contributed by atoms with E-state index in [2.05, 4.69) is 5.32 Å². The Balaban J connectivity index is 2.64. The Bertz CT molecular complexity index is 404. The summed E-state index contributed by atoms with van der Waals surface area (Å²) in [5.74, 6) is -0.597. The molecule has 0 aliphatic heterocycles. The molecule has 0 spiro atoms. The first-order valence-corrected chi connectivity index (χ1v) is 5.01. The second kappa shape index (κ2) is 5.07. The highest BCUT2D eigenvalue weighted by Crippen LogP contribution is 2.21. The van der Waals surface area contributed by atoms with Gasteiger partial charge in [-0.3, -0.25) is 4.79 Å². The zero-order valence-electron chi connectivity index (χ0n) is 9.21. The molecule has 1 amide bonds. The van der Waals surface area contributed by atoms with Crippen LogP contribution in [0.5, 0.6) is 0 Å². The van der Waals surface area contributed by atoms with E-state index in [-0.39, 0.29) is 11.3 Å². The number of nitrogen functional groups attached to an aromatic ring is 1. The molecular formula is C11H13F3N2O. The lowest BCUT2D eigenvalue weighted by atomic mass is 10.1. The molecule has 3 nitrogen and oxygen atoms in total. The van der Waals surface area contributed by atoms with E-state index < -0.39 is 24.5 Å². The molecule has 0 aliphatic rings. The Labute approximate surface area is 96.8 Å². The number of halogens is 3. The summed E-state index contributed by atoms with van der Waals surface area (Å²) in [6.07, 6.45) is -5.36. The van der Waals surface area contributed by atoms with Gasteiger partial charge >= 0.3 is 6.18 Å². The van der Waals surface area contributed by atoms with Crippen molar-refractivity contribution in [3.05, 3.63) is 29.8 Å². The van der Waals surface area contributed by atoms with Crippen molar-refractivity contribution >= 4 is 11.6 Å². The minimum atomic E-state index is -4.30. The minimum Gasteiger partial charge on any atom is -0.398 e. The predicted octanol–water partition coefficient (Wildman–Crippen LogP) is 2.34. The number of anilines is 1. The number of carbonyl (C=O) groups is 1. The third kappa shape index (κ3) is 4.34. The summed E-state index contributed by atoms with van der Waals surface area (Å²) >= 11 is 0. The monoisotopic (exact) mass is 246 g/mol. The molecule has 6 heteroatoms. The van der Waals surface area contributed by atoms with E-state index in [9.17, 15) is 18.0 Å². The Morgan fingerprint density at radius 3 is 2.53 bits per heavy atom. The minimum absolute atomic E-state index is 0.182. The zero-order valence-corrected chi connectivity index (χ0v) is 9.21. The van der Waals surface area contributed by atoms with Crippen molar-refractivity contribution in [1.82, 2.24) is 5.32 Å². The summed E-state index contributed by atoms with van der Waals surface area (Å²) in [4.78, 5) is 11.6. The first-order valence-electron chi connectivity index (χ1n) is 5.01. The van der Waals surface area contributed by atoms with E-state index in [4.69, 9.17) is 5.73 Å². The summed E-state index contributed by atoms with van der Waals surface area (Å²) in [7, 11) is 0. The molecule has 17 heavy (non-hydrogen) atoms. The highest BCUT2D eigenvalue weighted by molar-refractivity contribution is 5.99. The van der Waals surface area contributed by atoms with Crippen molar-refractivity contribution in [3.63, 3.8) is 0 Å². The van der Waals surface area contributed by atoms with Crippen LogP contribution in [0.2, 0.25) is 0 Å². The molecule has 1 aromatic rings. The maximum atomic E-state index is 12.1. The van der Waals surface area contributed by atoms with Crippen molar-refractivity contribution < 1.29 is 18.0 Å². The van der Waals surface area contributed by atoms with Crippen LogP contribution in [0.4, 0.5) is 18.9 Å². The van der Waals surface area contributed by atoms with Crippen LogP contribution >= 0.6 is 0 Å². The van der Waals surface area contributed by atoms with E-state index in [1.54, 1.807) is 12.1 Å². The summed E-state index contributed by atoms with van der Waals surface area (Å²) in [6.45, 7) is 1.30. The maximum absolute atomic E-state index is 12.1. The lowest BCUT2D eigenvalue weighted by molar-refractivity contribution is -0.138. The Morgan fingerprint density at radius 2 is 2.00 bits per heavy atom. The second-order valence-electron chi connectivity index (χ2n) is 3.78. The number of para-hydroxylation sites is 1. The molecule has 1 rings (SSSR count).